The first-order chi connectivity index (χ1) is 19.8. The zero-order valence-corrected chi connectivity index (χ0v) is 23.3. The van der Waals surface area contributed by atoms with E-state index in [1.807, 2.05) is 18.2 Å². The maximum absolute atomic E-state index is 13.8. The van der Waals surface area contributed by atoms with Crippen LogP contribution in [0.4, 0.5) is 18.0 Å². The molecule has 0 spiro atoms. The summed E-state index contributed by atoms with van der Waals surface area (Å²) in [7, 11) is 0. The number of hydrogen-bond acceptors (Lipinski definition) is 10. The number of hydrazine groups is 1. The molecule has 2 fully saturated rings. The molecule has 3 N–H and O–H groups in total. The molecular weight excluding hydrogens is 585 g/mol. The first-order valence-corrected chi connectivity index (χ1v) is 13.2. The number of fused-ring (bicyclic) bond motifs is 1. The van der Waals surface area contributed by atoms with Gasteiger partial charge in [-0.05, 0) is 26.8 Å². The minimum atomic E-state index is -4.85. The molecule has 1 amide bonds. The van der Waals surface area contributed by atoms with Crippen molar-refractivity contribution in [3.05, 3.63) is 71.0 Å². The number of hydrogen-bond donors (Lipinski definition) is 3. The van der Waals surface area contributed by atoms with Crippen molar-refractivity contribution in [3.8, 4) is 5.69 Å². The summed E-state index contributed by atoms with van der Waals surface area (Å²) in [5.74, 6) is -0.176. The second-order valence-corrected chi connectivity index (χ2v) is 11.0. The van der Waals surface area contributed by atoms with Crippen molar-refractivity contribution in [1.29, 1.82) is 0 Å². The van der Waals surface area contributed by atoms with E-state index >= 15 is 0 Å². The zero-order valence-electron chi connectivity index (χ0n) is 22.6. The van der Waals surface area contributed by atoms with Crippen molar-refractivity contribution < 1.29 is 42.0 Å². The molecule has 2 saturated heterocycles. The van der Waals surface area contributed by atoms with Crippen LogP contribution in [0.1, 0.15) is 50.2 Å². The Hall–Kier alpha value is -3.34. The molecule has 42 heavy (non-hydrogen) atoms. The lowest BCUT2D eigenvalue weighted by molar-refractivity contribution is -0.313. The largest absolute Gasteiger partial charge is 0.443 e. The Morgan fingerprint density at radius 3 is 2.60 bits per heavy atom. The SMILES string of the molecule is CC(C)(C)OC(=O)NN[C@@H]1[C@@H](O)[C@H](c2ncnn2-c2cc(Cl)cnc2C(F)(F)F)O[C@@H]2COC(c3ccccc3)O[C@H]12. The van der Waals surface area contributed by atoms with Crippen molar-refractivity contribution >= 4 is 17.7 Å². The van der Waals surface area contributed by atoms with E-state index in [2.05, 4.69) is 25.9 Å². The van der Waals surface area contributed by atoms with Gasteiger partial charge in [-0.15, -0.1) is 0 Å². The highest BCUT2D eigenvalue weighted by Gasteiger charge is 2.51. The second-order valence-electron chi connectivity index (χ2n) is 10.6. The number of amides is 1. The predicted octanol–water partition coefficient (Wildman–Crippen LogP) is 3.65. The van der Waals surface area contributed by atoms with Gasteiger partial charge in [-0.3, -0.25) is 5.43 Å². The smallest absolute Gasteiger partial charge is 0.435 e. The number of nitrogens with zero attached hydrogens (tertiary/aromatic N) is 4. The highest BCUT2D eigenvalue weighted by Crippen LogP contribution is 2.40. The standard InChI is InChI=1S/C26H28ClF3N6O6/c1-25(2,3)42-24(38)35-34-17-18(37)20(40-16-11-39-23(41-19(16)17)13-7-5-4-6-8-13)22-32-12-33-36(22)15-9-14(27)10-31-21(15)26(28,29)30/h4-10,12,16-20,23,34,37H,11H2,1-3H3,(H,35,38)/t16-,17-,18-,19+,20-,23?/m1/s1. The number of benzene rings is 1. The van der Waals surface area contributed by atoms with E-state index < -0.39 is 66.0 Å². The summed E-state index contributed by atoms with van der Waals surface area (Å²) in [6, 6.07) is 9.01. The van der Waals surface area contributed by atoms with Gasteiger partial charge in [-0.2, -0.15) is 18.3 Å². The normalized spacial score (nSPS) is 26.4. The van der Waals surface area contributed by atoms with Crippen LogP contribution in [-0.2, 0) is 25.1 Å². The monoisotopic (exact) mass is 612 g/mol. The molecule has 12 nitrogen and oxygen atoms in total. The van der Waals surface area contributed by atoms with Crippen molar-refractivity contribution in [3.63, 3.8) is 0 Å². The van der Waals surface area contributed by atoms with E-state index in [1.54, 1.807) is 32.9 Å². The number of rotatable bonds is 5. The van der Waals surface area contributed by atoms with E-state index in [0.717, 1.165) is 23.3 Å². The van der Waals surface area contributed by atoms with Crippen LogP contribution in [0.5, 0.6) is 0 Å². The van der Waals surface area contributed by atoms with Crippen LogP contribution in [0.15, 0.2) is 48.9 Å². The lowest BCUT2D eigenvalue weighted by Gasteiger charge is -2.48. The van der Waals surface area contributed by atoms with Gasteiger partial charge in [0.15, 0.2) is 17.8 Å². The van der Waals surface area contributed by atoms with Gasteiger partial charge < -0.3 is 24.1 Å². The summed E-state index contributed by atoms with van der Waals surface area (Å²) in [5.41, 5.74) is 3.28. The van der Waals surface area contributed by atoms with Gasteiger partial charge in [0.2, 0.25) is 0 Å². The average molecular weight is 613 g/mol. The van der Waals surface area contributed by atoms with E-state index in [1.165, 1.54) is 0 Å². The Morgan fingerprint density at radius 2 is 1.90 bits per heavy atom. The molecule has 0 saturated carbocycles. The van der Waals surface area contributed by atoms with Crippen molar-refractivity contribution in [2.24, 2.45) is 0 Å². The molecule has 0 radical (unpaired) electrons. The number of halogens is 4. The molecule has 2 aromatic heterocycles. The third kappa shape index (κ3) is 6.50. The molecule has 226 valence electrons. The van der Waals surface area contributed by atoms with Crippen LogP contribution < -0.4 is 10.9 Å². The average Bonchev–Trinajstić information content (AvgIpc) is 3.40. The Kier molecular flexibility index (Phi) is 8.42. The zero-order chi connectivity index (χ0) is 30.2. The molecule has 6 atom stereocenters. The predicted molar refractivity (Wildman–Crippen MR) is 139 cm³/mol. The number of carbonyl (C=O) groups is 1. The summed E-state index contributed by atoms with van der Waals surface area (Å²) in [6.07, 6.45) is -9.24. The second kappa shape index (κ2) is 11.7. The topological polar surface area (TPSA) is 142 Å². The highest BCUT2D eigenvalue weighted by molar-refractivity contribution is 6.30. The molecule has 2 aliphatic rings. The first kappa shape index (κ1) is 30.1. The van der Waals surface area contributed by atoms with Gasteiger partial charge in [0.1, 0.15) is 36.3 Å². The summed E-state index contributed by atoms with van der Waals surface area (Å²) >= 11 is 5.98. The molecule has 16 heteroatoms. The van der Waals surface area contributed by atoms with E-state index in [9.17, 15) is 23.1 Å². The van der Waals surface area contributed by atoms with E-state index in [-0.39, 0.29) is 17.5 Å². The summed E-state index contributed by atoms with van der Waals surface area (Å²) in [6.45, 7) is 5.03. The first-order valence-electron chi connectivity index (χ1n) is 12.8. The number of aliphatic hydroxyl groups excluding tert-OH is 1. The van der Waals surface area contributed by atoms with Gasteiger partial charge in [0.05, 0.1) is 23.4 Å². The quantitative estimate of drug-likeness (QED) is 0.366. The van der Waals surface area contributed by atoms with E-state index in [0.29, 0.717) is 5.56 Å². The number of alkyl halides is 3. The summed E-state index contributed by atoms with van der Waals surface area (Å²) in [5, 5.41) is 15.4. The Morgan fingerprint density at radius 1 is 1.17 bits per heavy atom. The third-order valence-electron chi connectivity index (χ3n) is 6.38. The van der Waals surface area contributed by atoms with Crippen LogP contribution in [0.3, 0.4) is 0 Å². The van der Waals surface area contributed by atoms with Crippen LogP contribution in [0.25, 0.3) is 5.69 Å². The number of aromatic nitrogens is 4. The van der Waals surface area contributed by atoms with Crippen LogP contribution in [0, 0.1) is 0 Å². The molecule has 3 aromatic rings. The third-order valence-corrected chi connectivity index (χ3v) is 6.59. The molecule has 0 bridgehead atoms. The van der Waals surface area contributed by atoms with E-state index in [4.69, 9.17) is 30.5 Å². The fourth-order valence-electron chi connectivity index (χ4n) is 4.68. The molecular formula is C26H28ClF3N6O6. The Balaban J connectivity index is 1.48. The van der Waals surface area contributed by atoms with Crippen LogP contribution >= 0.6 is 11.6 Å². The lowest BCUT2D eigenvalue weighted by Crippen LogP contribution is -2.66. The van der Waals surface area contributed by atoms with Gasteiger partial charge in [-0.25, -0.2) is 24.9 Å². The van der Waals surface area contributed by atoms with Crippen molar-refractivity contribution in [1.82, 2.24) is 30.6 Å². The molecule has 2 aliphatic heterocycles. The maximum Gasteiger partial charge on any atom is 0.435 e. The fourth-order valence-corrected chi connectivity index (χ4v) is 4.83. The van der Waals surface area contributed by atoms with Crippen LogP contribution in [-0.4, -0.2) is 67.5 Å². The highest BCUT2D eigenvalue weighted by atomic mass is 35.5. The molecule has 5 rings (SSSR count). The fraction of sp³-hybridized carbons (Fsp3) is 0.462. The maximum atomic E-state index is 13.8. The Labute approximate surface area is 243 Å². The van der Waals surface area contributed by atoms with Gasteiger partial charge in [0.25, 0.3) is 0 Å². The number of nitrogens with one attached hydrogen (secondary N) is 2. The number of ether oxygens (including phenoxy) is 4. The molecule has 1 aromatic carbocycles. The van der Waals surface area contributed by atoms with Crippen molar-refractivity contribution in [2.45, 2.75) is 69.3 Å². The number of aliphatic hydroxyl groups is 1. The lowest BCUT2D eigenvalue weighted by atomic mass is 9.91. The number of carbonyl (C=O) groups excluding carboxylic acids is 1. The molecule has 4 heterocycles. The molecule has 0 aliphatic carbocycles. The minimum absolute atomic E-state index is 0.0152. The summed E-state index contributed by atoms with van der Waals surface area (Å²) in [4.78, 5) is 20.0. The van der Waals surface area contributed by atoms with Gasteiger partial charge in [0, 0.05) is 11.8 Å². The summed E-state index contributed by atoms with van der Waals surface area (Å²) < 4.78 is 65.8. The van der Waals surface area contributed by atoms with Gasteiger partial charge in [-0.1, -0.05) is 41.9 Å². The van der Waals surface area contributed by atoms with Crippen LogP contribution in [0.2, 0.25) is 5.02 Å². The molecule has 1 unspecified atom stereocenters. The number of pyridine rings is 1. The Bertz CT molecular complexity index is 1410. The minimum Gasteiger partial charge on any atom is -0.443 e. The van der Waals surface area contributed by atoms with Gasteiger partial charge >= 0.3 is 12.3 Å². The van der Waals surface area contributed by atoms with Crippen molar-refractivity contribution in [2.75, 3.05) is 6.61 Å².